The Bertz CT molecular complexity index is 1410. The molecule has 0 heterocycles. The molecule has 0 radical (unpaired) electrons. The molecule has 0 bridgehead atoms. The Morgan fingerprint density at radius 3 is 1.92 bits per heavy atom. The van der Waals surface area contributed by atoms with E-state index in [9.17, 15) is 17.8 Å². The quantitative estimate of drug-likeness (QED) is 0.292. The average Bonchev–Trinajstić information content (AvgIpc) is 2.90. The number of carbonyl (C=O) groups is 1. The van der Waals surface area contributed by atoms with Crippen molar-refractivity contribution >= 4 is 27.8 Å². The highest BCUT2D eigenvalue weighted by Crippen LogP contribution is 2.40. The summed E-state index contributed by atoms with van der Waals surface area (Å²) < 4.78 is 61.2. The van der Waals surface area contributed by atoms with Crippen LogP contribution in [0.5, 0.6) is 28.7 Å². The van der Waals surface area contributed by atoms with Crippen molar-refractivity contribution in [3.05, 3.63) is 60.2 Å². The molecule has 0 atom stereocenters. The van der Waals surface area contributed by atoms with Crippen LogP contribution in [0.3, 0.4) is 0 Å². The Kier molecular flexibility index (Phi) is 8.64. The number of nitrogens with one attached hydrogen (secondary N) is 1. The van der Waals surface area contributed by atoms with Gasteiger partial charge in [0.2, 0.25) is 5.91 Å². The van der Waals surface area contributed by atoms with Crippen molar-refractivity contribution < 1.29 is 41.4 Å². The van der Waals surface area contributed by atoms with E-state index in [1.54, 1.807) is 36.4 Å². The van der Waals surface area contributed by atoms with Crippen LogP contribution in [-0.2, 0) is 14.9 Å². The third-order valence-corrected chi connectivity index (χ3v) is 6.28. The number of amides is 1. The summed E-state index contributed by atoms with van der Waals surface area (Å²) in [5, 5.41) is 2.59. The molecule has 0 spiro atoms. The monoisotopic (exact) mass is 529 g/mol. The van der Waals surface area contributed by atoms with Crippen LogP contribution < -0.4 is 29.0 Å². The van der Waals surface area contributed by atoms with Gasteiger partial charge in [0.15, 0.2) is 0 Å². The summed E-state index contributed by atoms with van der Waals surface area (Å²) in [6.07, 6.45) is 2.69. The summed E-state index contributed by atoms with van der Waals surface area (Å²) in [6.45, 7) is 0. The van der Waals surface area contributed by atoms with Gasteiger partial charge in [-0.05, 0) is 24.3 Å². The Morgan fingerprint density at radius 1 is 0.784 bits per heavy atom. The Morgan fingerprint density at radius 2 is 1.38 bits per heavy atom. The van der Waals surface area contributed by atoms with Gasteiger partial charge in [-0.15, -0.1) is 0 Å². The van der Waals surface area contributed by atoms with Crippen LogP contribution in [0.1, 0.15) is 5.56 Å². The number of hydrogen-bond donors (Lipinski definition) is 2. The van der Waals surface area contributed by atoms with Crippen molar-refractivity contribution in [2.75, 3.05) is 40.9 Å². The van der Waals surface area contributed by atoms with E-state index in [1.165, 1.54) is 53.8 Å². The molecule has 3 rings (SSSR count). The fourth-order valence-corrected chi connectivity index (χ4v) is 4.36. The molecule has 11 heteroatoms. The number of ether oxygens (including phenoxy) is 5. The highest BCUT2D eigenvalue weighted by atomic mass is 32.2. The molecule has 37 heavy (non-hydrogen) atoms. The Hall–Kier alpha value is -4.22. The van der Waals surface area contributed by atoms with Gasteiger partial charge in [0.05, 0.1) is 46.8 Å². The minimum absolute atomic E-state index is 0.0251. The number of methoxy groups -OCH3 is 5. The van der Waals surface area contributed by atoms with Crippen LogP contribution in [-0.4, -0.2) is 54.4 Å². The average molecular weight is 530 g/mol. The highest BCUT2D eigenvalue weighted by Gasteiger charge is 2.23. The molecule has 0 aliphatic heterocycles. The molecule has 3 aromatic rings. The summed E-state index contributed by atoms with van der Waals surface area (Å²) in [4.78, 5) is 12.4. The maximum absolute atomic E-state index is 12.8. The van der Waals surface area contributed by atoms with Gasteiger partial charge in [0.1, 0.15) is 33.6 Å². The van der Waals surface area contributed by atoms with Crippen LogP contribution in [0.4, 0.5) is 5.69 Å². The number of para-hydroxylation sites is 1. The van der Waals surface area contributed by atoms with E-state index in [-0.39, 0.29) is 17.0 Å². The van der Waals surface area contributed by atoms with Crippen molar-refractivity contribution in [3.8, 4) is 39.9 Å². The second kappa shape index (κ2) is 11.7. The molecule has 0 saturated carbocycles. The molecule has 2 N–H and O–H groups in total. The molecule has 10 nitrogen and oxygen atoms in total. The van der Waals surface area contributed by atoms with Crippen LogP contribution in [0, 0.1) is 0 Å². The van der Waals surface area contributed by atoms with Gasteiger partial charge in [-0.3, -0.25) is 9.35 Å². The predicted molar refractivity (Wildman–Crippen MR) is 139 cm³/mol. The number of benzene rings is 3. The maximum Gasteiger partial charge on any atom is 0.295 e. The molecule has 3 aromatic carbocycles. The van der Waals surface area contributed by atoms with E-state index in [0.29, 0.717) is 34.1 Å². The zero-order valence-electron chi connectivity index (χ0n) is 20.9. The third-order valence-electron chi connectivity index (χ3n) is 5.39. The lowest BCUT2D eigenvalue weighted by molar-refractivity contribution is -0.111. The maximum atomic E-state index is 12.8. The van der Waals surface area contributed by atoms with E-state index in [1.807, 2.05) is 0 Å². The molecule has 0 aromatic heterocycles. The SMILES string of the molecule is COc1cc(OC)c(C=CC(=O)Nc2cc(S(=O)(=O)O)c(-c3ccccc3OC)cc2OC)c(OC)c1. The molecule has 0 aliphatic carbocycles. The van der Waals surface area contributed by atoms with Gasteiger partial charge < -0.3 is 29.0 Å². The molecule has 0 unspecified atom stereocenters. The number of anilines is 1. The highest BCUT2D eigenvalue weighted by molar-refractivity contribution is 7.86. The summed E-state index contributed by atoms with van der Waals surface area (Å²) in [5.74, 6) is 1.27. The topological polar surface area (TPSA) is 130 Å². The van der Waals surface area contributed by atoms with Crippen LogP contribution in [0.2, 0.25) is 0 Å². The number of hydrogen-bond acceptors (Lipinski definition) is 8. The number of rotatable bonds is 10. The second-order valence-electron chi connectivity index (χ2n) is 7.49. The van der Waals surface area contributed by atoms with Crippen molar-refractivity contribution in [1.29, 1.82) is 0 Å². The van der Waals surface area contributed by atoms with E-state index < -0.39 is 20.9 Å². The largest absolute Gasteiger partial charge is 0.496 e. The third kappa shape index (κ3) is 6.13. The molecule has 0 saturated heterocycles. The fraction of sp³-hybridized carbons (Fsp3) is 0.192. The van der Waals surface area contributed by atoms with Gasteiger partial charge in [-0.2, -0.15) is 8.42 Å². The van der Waals surface area contributed by atoms with Gasteiger partial charge in [0, 0.05) is 29.3 Å². The van der Waals surface area contributed by atoms with E-state index in [0.717, 1.165) is 6.07 Å². The van der Waals surface area contributed by atoms with Gasteiger partial charge in [-0.1, -0.05) is 18.2 Å². The molecular weight excluding hydrogens is 502 g/mol. The zero-order valence-corrected chi connectivity index (χ0v) is 21.7. The lowest BCUT2D eigenvalue weighted by Crippen LogP contribution is -2.11. The smallest absolute Gasteiger partial charge is 0.295 e. The zero-order chi connectivity index (χ0) is 27.2. The molecule has 1 amide bonds. The first-order chi connectivity index (χ1) is 17.7. The Labute approximate surface area is 215 Å². The van der Waals surface area contributed by atoms with Crippen LogP contribution >= 0.6 is 0 Å². The molecule has 0 aliphatic rings. The second-order valence-corrected chi connectivity index (χ2v) is 8.88. The normalized spacial score (nSPS) is 11.2. The first-order valence-electron chi connectivity index (χ1n) is 10.8. The summed E-state index contributed by atoms with van der Waals surface area (Å²) >= 11 is 0. The molecule has 196 valence electrons. The van der Waals surface area contributed by atoms with E-state index in [4.69, 9.17) is 23.7 Å². The van der Waals surface area contributed by atoms with Crippen molar-refractivity contribution in [1.82, 2.24) is 0 Å². The minimum atomic E-state index is -4.70. The summed E-state index contributed by atoms with van der Waals surface area (Å²) in [5.41, 5.74) is 1.06. The van der Waals surface area contributed by atoms with Gasteiger partial charge >= 0.3 is 0 Å². The fourth-order valence-electron chi connectivity index (χ4n) is 3.65. The summed E-state index contributed by atoms with van der Waals surface area (Å²) in [7, 11) is 2.56. The standard InChI is InChI=1S/C26H27NO9S/c1-32-16-12-22(34-3)18(23(13-16)35-4)10-11-26(28)27-20-15-25(37(29,30)31)19(14-24(20)36-5)17-8-6-7-9-21(17)33-2/h6-15H,1-5H3,(H,27,28)(H,29,30,31). The van der Waals surface area contributed by atoms with E-state index >= 15 is 0 Å². The first kappa shape index (κ1) is 27.4. The lowest BCUT2D eigenvalue weighted by Gasteiger charge is -2.16. The Balaban J connectivity index is 2.03. The number of carbonyl (C=O) groups excluding carboxylic acids is 1. The van der Waals surface area contributed by atoms with Gasteiger partial charge in [-0.25, -0.2) is 0 Å². The van der Waals surface area contributed by atoms with E-state index in [2.05, 4.69) is 5.32 Å². The van der Waals surface area contributed by atoms with Crippen LogP contribution in [0.25, 0.3) is 17.2 Å². The first-order valence-corrected chi connectivity index (χ1v) is 12.2. The minimum Gasteiger partial charge on any atom is -0.496 e. The predicted octanol–water partition coefficient (Wildman–Crippen LogP) is 4.30. The van der Waals surface area contributed by atoms with Gasteiger partial charge in [0.25, 0.3) is 10.1 Å². The van der Waals surface area contributed by atoms with Crippen molar-refractivity contribution in [3.63, 3.8) is 0 Å². The molecule has 0 fully saturated rings. The molecular formula is C26H27NO9S. The van der Waals surface area contributed by atoms with Crippen LogP contribution in [0.15, 0.2) is 59.5 Å². The van der Waals surface area contributed by atoms with Crippen molar-refractivity contribution in [2.45, 2.75) is 4.90 Å². The lowest BCUT2D eigenvalue weighted by atomic mass is 10.0. The van der Waals surface area contributed by atoms with Crippen molar-refractivity contribution in [2.24, 2.45) is 0 Å². The summed E-state index contributed by atoms with van der Waals surface area (Å²) in [6, 6.07) is 12.5.